The van der Waals surface area contributed by atoms with E-state index in [0.717, 1.165) is 41.2 Å². The van der Waals surface area contributed by atoms with Crippen LogP contribution in [0.4, 0.5) is 16.2 Å². The van der Waals surface area contributed by atoms with Gasteiger partial charge in [-0.05, 0) is 85.3 Å². The molecule has 0 unspecified atom stereocenters. The normalized spacial score (nSPS) is 16.3. The summed E-state index contributed by atoms with van der Waals surface area (Å²) in [6.07, 6.45) is 6.84. The number of benzene rings is 2. The van der Waals surface area contributed by atoms with E-state index in [2.05, 4.69) is 57.4 Å². The van der Waals surface area contributed by atoms with Gasteiger partial charge in [-0.15, -0.1) is 11.3 Å². The predicted octanol–water partition coefficient (Wildman–Crippen LogP) is 6.63. The number of hydrogen-bond acceptors (Lipinski definition) is 4. The zero-order valence-corrected chi connectivity index (χ0v) is 22.3. The molecule has 190 valence electrons. The summed E-state index contributed by atoms with van der Waals surface area (Å²) in [5.41, 5.74) is 6.85. The number of carbonyl (C=O) groups excluding carboxylic acids is 1. The number of ether oxygens (including phenoxy) is 1. The highest BCUT2D eigenvalue weighted by molar-refractivity contribution is 7.15. The summed E-state index contributed by atoms with van der Waals surface area (Å²) in [7, 11) is 5.73. The van der Waals surface area contributed by atoms with Crippen molar-refractivity contribution in [1.29, 1.82) is 0 Å². The van der Waals surface area contributed by atoms with Crippen molar-refractivity contribution in [1.82, 2.24) is 9.47 Å². The maximum atomic E-state index is 14.0. The van der Waals surface area contributed by atoms with Gasteiger partial charge in [0.15, 0.2) is 0 Å². The molecule has 7 heteroatoms. The van der Waals surface area contributed by atoms with Gasteiger partial charge in [0.2, 0.25) is 0 Å². The van der Waals surface area contributed by atoms with E-state index >= 15 is 0 Å². The number of aromatic nitrogens is 1. The highest BCUT2D eigenvalue weighted by atomic mass is 32.1. The molecule has 1 aliphatic carbocycles. The SMILES string of the molecule is COc1ccc(NC(=O)N2Cc3c(sc4c3CCCC4)-n3cccc3[C@@H]2c2ccc(N(C)C)cc2)cc1. The molecule has 0 fully saturated rings. The van der Waals surface area contributed by atoms with Crippen LogP contribution < -0.4 is 15.0 Å². The molecular formula is C30H32N4O2S. The van der Waals surface area contributed by atoms with Gasteiger partial charge in [0.25, 0.3) is 0 Å². The van der Waals surface area contributed by atoms with E-state index in [0.29, 0.717) is 6.54 Å². The summed E-state index contributed by atoms with van der Waals surface area (Å²) in [5, 5.41) is 4.43. The van der Waals surface area contributed by atoms with E-state index in [1.165, 1.54) is 33.8 Å². The lowest BCUT2D eigenvalue weighted by Gasteiger charge is -2.31. The minimum Gasteiger partial charge on any atom is -0.497 e. The monoisotopic (exact) mass is 512 g/mol. The molecule has 4 aromatic rings. The van der Waals surface area contributed by atoms with Gasteiger partial charge in [0.05, 0.1) is 25.4 Å². The third-order valence-electron chi connectivity index (χ3n) is 7.51. The summed E-state index contributed by atoms with van der Waals surface area (Å²) in [5.74, 6) is 0.763. The molecule has 0 radical (unpaired) electrons. The van der Waals surface area contributed by atoms with Crippen molar-refractivity contribution in [2.24, 2.45) is 0 Å². The van der Waals surface area contributed by atoms with Crippen LogP contribution in [0.15, 0.2) is 66.9 Å². The maximum absolute atomic E-state index is 14.0. The molecule has 6 nitrogen and oxygen atoms in total. The number of thiophene rings is 1. The van der Waals surface area contributed by atoms with Crippen molar-refractivity contribution in [3.8, 4) is 10.8 Å². The summed E-state index contributed by atoms with van der Waals surface area (Å²) < 4.78 is 7.62. The molecule has 2 aromatic carbocycles. The lowest BCUT2D eigenvalue weighted by Crippen LogP contribution is -2.38. The molecule has 37 heavy (non-hydrogen) atoms. The number of nitrogens with zero attached hydrogens (tertiary/aromatic N) is 3. The predicted molar refractivity (Wildman–Crippen MR) is 150 cm³/mol. The van der Waals surface area contributed by atoms with Crippen LogP contribution in [-0.2, 0) is 19.4 Å². The van der Waals surface area contributed by atoms with Crippen LogP contribution in [0.2, 0.25) is 0 Å². The second kappa shape index (κ2) is 9.63. The number of anilines is 2. The van der Waals surface area contributed by atoms with Gasteiger partial charge < -0.3 is 24.4 Å². The first kappa shape index (κ1) is 23.7. The van der Waals surface area contributed by atoms with E-state index in [1.807, 2.05) is 54.6 Å². The van der Waals surface area contributed by atoms with E-state index < -0.39 is 0 Å². The molecule has 2 aromatic heterocycles. The summed E-state index contributed by atoms with van der Waals surface area (Å²) in [6.45, 7) is 0.574. The number of aryl methyl sites for hydroxylation is 1. The Morgan fingerprint density at radius 2 is 1.76 bits per heavy atom. The Morgan fingerprint density at radius 1 is 1.00 bits per heavy atom. The smallest absolute Gasteiger partial charge is 0.322 e. The van der Waals surface area contributed by atoms with Crippen molar-refractivity contribution in [2.45, 2.75) is 38.3 Å². The molecule has 0 bridgehead atoms. The molecule has 0 saturated carbocycles. The Kier molecular flexibility index (Phi) is 6.16. The van der Waals surface area contributed by atoms with Gasteiger partial charge in [-0.3, -0.25) is 0 Å². The zero-order chi connectivity index (χ0) is 25.5. The lowest BCUT2D eigenvalue weighted by atomic mass is 9.95. The van der Waals surface area contributed by atoms with E-state index in [4.69, 9.17) is 4.74 Å². The molecule has 2 aliphatic rings. The lowest BCUT2D eigenvalue weighted by molar-refractivity contribution is 0.194. The largest absolute Gasteiger partial charge is 0.497 e. The molecule has 0 saturated heterocycles. The fraction of sp³-hybridized carbons (Fsp3) is 0.300. The highest BCUT2D eigenvalue weighted by Crippen LogP contribution is 2.44. The number of methoxy groups -OCH3 is 1. The summed E-state index contributed by atoms with van der Waals surface area (Å²) in [4.78, 5) is 19.6. The van der Waals surface area contributed by atoms with E-state index in [1.54, 1.807) is 7.11 Å². The average Bonchev–Trinajstić information content (AvgIpc) is 3.51. The molecule has 1 N–H and O–H groups in total. The molecular weight excluding hydrogens is 480 g/mol. The van der Waals surface area contributed by atoms with Gasteiger partial charge in [-0.2, -0.15) is 0 Å². The number of carbonyl (C=O) groups is 1. The second-order valence-corrected chi connectivity index (χ2v) is 11.1. The number of hydrogen-bond donors (Lipinski definition) is 1. The molecule has 0 spiro atoms. The Hall–Kier alpha value is -3.71. The quantitative estimate of drug-likeness (QED) is 0.334. The van der Waals surface area contributed by atoms with Crippen molar-refractivity contribution in [3.63, 3.8) is 0 Å². The van der Waals surface area contributed by atoms with Gasteiger partial charge in [0, 0.05) is 42.1 Å². The van der Waals surface area contributed by atoms with Crippen LogP contribution >= 0.6 is 11.3 Å². The molecule has 2 amide bonds. The fourth-order valence-electron chi connectivity index (χ4n) is 5.56. The number of nitrogens with one attached hydrogen (secondary N) is 1. The highest BCUT2D eigenvalue weighted by Gasteiger charge is 2.36. The minimum atomic E-state index is -0.219. The van der Waals surface area contributed by atoms with Crippen molar-refractivity contribution < 1.29 is 9.53 Å². The number of urea groups is 1. The van der Waals surface area contributed by atoms with Crippen LogP contribution in [0.1, 0.15) is 46.1 Å². The zero-order valence-electron chi connectivity index (χ0n) is 21.5. The third kappa shape index (κ3) is 4.27. The van der Waals surface area contributed by atoms with Gasteiger partial charge >= 0.3 is 6.03 Å². The maximum Gasteiger partial charge on any atom is 0.322 e. The molecule has 1 aliphatic heterocycles. The number of rotatable bonds is 4. The van der Waals surface area contributed by atoms with Crippen LogP contribution in [0.25, 0.3) is 5.00 Å². The average molecular weight is 513 g/mol. The third-order valence-corrected chi connectivity index (χ3v) is 8.84. The summed E-state index contributed by atoms with van der Waals surface area (Å²) in [6, 6.07) is 20.0. The topological polar surface area (TPSA) is 49.7 Å². The van der Waals surface area contributed by atoms with Crippen LogP contribution in [0.5, 0.6) is 5.75 Å². The van der Waals surface area contributed by atoms with Crippen molar-refractivity contribution >= 4 is 28.7 Å². The standard InChI is InChI=1S/C30H32N4O2S/c1-32(2)22-14-10-20(11-15-22)28-26-8-6-18-33(26)29-25(24-7-4-5-9-27(24)37-29)19-34(28)30(35)31-21-12-16-23(36-3)17-13-21/h6,8,10-18,28H,4-5,7,9,19H2,1-3H3,(H,31,35)/t28-/m0/s1. The second-order valence-electron chi connectivity index (χ2n) is 9.97. The Morgan fingerprint density at radius 3 is 2.49 bits per heavy atom. The first-order valence-corrected chi connectivity index (χ1v) is 13.6. The molecule has 6 rings (SSSR count). The Bertz CT molecular complexity index is 1420. The Labute approximate surface area is 222 Å². The van der Waals surface area contributed by atoms with Gasteiger partial charge in [0.1, 0.15) is 10.8 Å². The first-order valence-electron chi connectivity index (χ1n) is 12.8. The van der Waals surface area contributed by atoms with Crippen LogP contribution in [0.3, 0.4) is 0 Å². The van der Waals surface area contributed by atoms with Crippen LogP contribution in [0, 0.1) is 0 Å². The van der Waals surface area contributed by atoms with Gasteiger partial charge in [-0.1, -0.05) is 12.1 Å². The first-order chi connectivity index (χ1) is 18.0. The van der Waals surface area contributed by atoms with Gasteiger partial charge in [-0.25, -0.2) is 4.79 Å². The Balaban J connectivity index is 1.46. The van der Waals surface area contributed by atoms with Crippen molar-refractivity contribution in [2.75, 3.05) is 31.4 Å². The van der Waals surface area contributed by atoms with E-state index in [9.17, 15) is 4.79 Å². The fourth-order valence-corrected chi connectivity index (χ4v) is 6.97. The molecule has 3 heterocycles. The molecule has 1 atom stereocenters. The minimum absolute atomic E-state index is 0.108. The number of fused-ring (bicyclic) bond motifs is 5. The van der Waals surface area contributed by atoms with E-state index in [-0.39, 0.29) is 12.1 Å². The summed E-state index contributed by atoms with van der Waals surface area (Å²) >= 11 is 1.91. The van der Waals surface area contributed by atoms with Crippen molar-refractivity contribution in [3.05, 3.63) is 94.1 Å². The van der Waals surface area contributed by atoms with Crippen LogP contribution in [-0.4, -0.2) is 36.7 Å². The number of amides is 2.